The molecule has 2 saturated heterocycles. The molecule has 0 aliphatic carbocycles. The standard InChI is InChI=1S/C17H22N4O2/c22-17(15-12-14(18-19-15)16-4-3-11-23-16)21-9-5-13(6-10-21)20-7-1-2-8-20/h3-4,11-13H,1-2,5-10H2,(H,18,19). The van der Waals surface area contributed by atoms with Gasteiger partial charge in [0.2, 0.25) is 0 Å². The number of aromatic amines is 1. The summed E-state index contributed by atoms with van der Waals surface area (Å²) in [6.07, 6.45) is 6.40. The van der Waals surface area contributed by atoms with Crippen LogP contribution < -0.4 is 0 Å². The van der Waals surface area contributed by atoms with Crippen molar-refractivity contribution in [3.63, 3.8) is 0 Å². The van der Waals surface area contributed by atoms with Crippen LogP contribution in [0.4, 0.5) is 0 Å². The third kappa shape index (κ3) is 2.91. The summed E-state index contributed by atoms with van der Waals surface area (Å²) in [5, 5.41) is 7.04. The van der Waals surface area contributed by atoms with Crippen LogP contribution in [0, 0.1) is 0 Å². The molecule has 1 amide bonds. The summed E-state index contributed by atoms with van der Waals surface area (Å²) >= 11 is 0. The lowest BCUT2D eigenvalue weighted by Gasteiger charge is -2.36. The predicted octanol–water partition coefficient (Wildman–Crippen LogP) is 2.37. The number of piperidine rings is 1. The lowest BCUT2D eigenvalue weighted by atomic mass is 10.0. The van der Waals surface area contributed by atoms with Gasteiger partial charge in [-0.05, 0) is 50.9 Å². The van der Waals surface area contributed by atoms with Crippen molar-refractivity contribution >= 4 is 5.91 Å². The van der Waals surface area contributed by atoms with Crippen molar-refractivity contribution in [2.24, 2.45) is 0 Å². The molecule has 0 aromatic carbocycles. The van der Waals surface area contributed by atoms with Gasteiger partial charge in [-0.3, -0.25) is 9.89 Å². The fourth-order valence-corrected chi connectivity index (χ4v) is 3.69. The Morgan fingerprint density at radius 1 is 1.22 bits per heavy atom. The average molecular weight is 314 g/mol. The van der Waals surface area contributed by atoms with Crippen molar-refractivity contribution < 1.29 is 9.21 Å². The quantitative estimate of drug-likeness (QED) is 0.944. The summed E-state index contributed by atoms with van der Waals surface area (Å²) in [6, 6.07) is 6.09. The van der Waals surface area contributed by atoms with Gasteiger partial charge >= 0.3 is 0 Å². The molecular weight excluding hydrogens is 292 g/mol. The lowest BCUT2D eigenvalue weighted by molar-refractivity contribution is 0.0639. The Kier molecular flexibility index (Phi) is 3.91. The van der Waals surface area contributed by atoms with Crippen LogP contribution in [0.25, 0.3) is 11.5 Å². The maximum atomic E-state index is 12.6. The van der Waals surface area contributed by atoms with Gasteiger partial charge in [0.15, 0.2) is 11.5 Å². The van der Waals surface area contributed by atoms with Crippen LogP contribution in [-0.2, 0) is 0 Å². The van der Waals surface area contributed by atoms with Crippen molar-refractivity contribution in [3.8, 4) is 11.5 Å². The van der Waals surface area contributed by atoms with E-state index in [9.17, 15) is 4.79 Å². The summed E-state index contributed by atoms with van der Waals surface area (Å²) in [5.41, 5.74) is 1.21. The van der Waals surface area contributed by atoms with Crippen LogP contribution in [0.2, 0.25) is 0 Å². The molecule has 0 unspecified atom stereocenters. The Labute approximate surface area is 135 Å². The number of nitrogens with zero attached hydrogens (tertiary/aromatic N) is 3. The van der Waals surface area contributed by atoms with E-state index in [0.29, 0.717) is 17.5 Å². The first-order valence-electron chi connectivity index (χ1n) is 8.44. The minimum Gasteiger partial charge on any atom is -0.463 e. The molecule has 23 heavy (non-hydrogen) atoms. The van der Waals surface area contributed by atoms with Gasteiger partial charge in [0.1, 0.15) is 5.69 Å². The van der Waals surface area contributed by atoms with Gasteiger partial charge < -0.3 is 14.2 Å². The average Bonchev–Trinajstić information content (AvgIpc) is 3.36. The van der Waals surface area contributed by atoms with Crippen LogP contribution in [0.1, 0.15) is 36.2 Å². The van der Waals surface area contributed by atoms with Crippen LogP contribution in [-0.4, -0.2) is 58.1 Å². The zero-order valence-electron chi connectivity index (χ0n) is 13.2. The number of carbonyl (C=O) groups excluding carboxylic acids is 1. The van der Waals surface area contributed by atoms with E-state index in [-0.39, 0.29) is 5.91 Å². The molecule has 122 valence electrons. The number of H-pyrrole nitrogens is 1. The predicted molar refractivity (Wildman–Crippen MR) is 86.0 cm³/mol. The SMILES string of the molecule is O=C(c1cc(-c2ccco2)[nH]n1)N1CCC(N2CCCC2)CC1. The van der Waals surface area contributed by atoms with E-state index in [2.05, 4.69) is 15.1 Å². The van der Waals surface area contributed by atoms with E-state index in [1.165, 1.54) is 25.9 Å². The van der Waals surface area contributed by atoms with E-state index >= 15 is 0 Å². The van der Waals surface area contributed by atoms with E-state index in [4.69, 9.17) is 4.42 Å². The first kappa shape index (κ1) is 14.5. The van der Waals surface area contributed by atoms with Crippen molar-refractivity contribution in [3.05, 3.63) is 30.2 Å². The summed E-state index contributed by atoms with van der Waals surface area (Å²) in [7, 11) is 0. The molecule has 6 nitrogen and oxygen atoms in total. The largest absolute Gasteiger partial charge is 0.463 e. The molecule has 4 rings (SSSR count). The fourth-order valence-electron chi connectivity index (χ4n) is 3.69. The highest BCUT2D eigenvalue weighted by atomic mass is 16.3. The Bertz CT molecular complexity index is 650. The molecule has 4 heterocycles. The minimum absolute atomic E-state index is 0.0129. The second-order valence-electron chi connectivity index (χ2n) is 6.41. The van der Waals surface area contributed by atoms with E-state index < -0.39 is 0 Å². The third-order valence-electron chi connectivity index (χ3n) is 4.99. The van der Waals surface area contributed by atoms with E-state index in [1.54, 1.807) is 12.3 Å². The van der Waals surface area contributed by atoms with Gasteiger partial charge in [0.05, 0.1) is 6.26 Å². The molecule has 2 aliphatic rings. The maximum Gasteiger partial charge on any atom is 0.274 e. The third-order valence-corrected chi connectivity index (χ3v) is 4.99. The Balaban J connectivity index is 1.38. The molecule has 1 N–H and O–H groups in total. The lowest BCUT2D eigenvalue weighted by Crippen LogP contribution is -2.46. The highest BCUT2D eigenvalue weighted by Crippen LogP contribution is 2.23. The van der Waals surface area contributed by atoms with Gasteiger partial charge in [0.25, 0.3) is 5.91 Å². The van der Waals surface area contributed by atoms with E-state index in [0.717, 1.165) is 31.6 Å². The van der Waals surface area contributed by atoms with Gasteiger partial charge in [0, 0.05) is 25.2 Å². The normalized spacial score (nSPS) is 20.3. The second-order valence-corrected chi connectivity index (χ2v) is 6.41. The molecule has 0 atom stereocenters. The molecule has 0 radical (unpaired) electrons. The first-order chi connectivity index (χ1) is 11.3. The number of carbonyl (C=O) groups is 1. The number of aromatic nitrogens is 2. The van der Waals surface area contributed by atoms with Crippen LogP contribution >= 0.6 is 0 Å². The number of hydrogen-bond acceptors (Lipinski definition) is 4. The van der Waals surface area contributed by atoms with Crippen molar-refractivity contribution in [1.82, 2.24) is 20.0 Å². The highest BCUT2D eigenvalue weighted by molar-refractivity contribution is 5.93. The van der Waals surface area contributed by atoms with Crippen LogP contribution in [0.3, 0.4) is 0 Å². The number of furan rings is 1. The molecule has 0 spiro atoms. The first-order valence-corrected chi connectivity index (χ1v) is 8.44. The molecular formula is C17H22N4O2. The van der Waals surface area contributed by atoms with Gasteiger partial charge in [-0.2, -0.15) is 5.10 Å². The van der Waals surface area contributed by atoms with Gasteiger partial charge in [-0.15, -0.1) is 0 Å². The Hall–Kier alpha value is -2.08. The zero-order valence-corrected chi connectivity index (χ0v) is 13.2. The van der Waals surface area contributed by atoms with E-state index in [1.807, 2.05) is 17.0 Å². The number of hydrogen-bond donors (Lipinski definition) is 1. The number of likely N-dealkylation sites (tertiary alicyclic amines) is 2. The summed E-state index contributed by atoms with van der Waals surface area (Å²) < 4.78 is 5.33. The monoisotopic (exact) mass is 314 g/mol. The summed E-state index contributed by atoms with van der Waals surface area (Å²) in [5.74, 6) is 0.711. The molecule has 2 fully saturated rings. The molecule has 2 aromatic rings. The number of rotatable bonds is 3. The summed E-state index contributed by atoms with van der Waals surface area (Å²) in [6.45, 7) is 4.10. The highest BCUT2D eigenvalue weighted by Gasteiger charge is 2.29. The Morgan fingerprint density at radius 2 is 2.00 bits per heavy atom. The zero-order chi connectivity index (χ0) is 15.6. The fraction of sp³-hybridized carbons (Fsp3) is 0.529. The van der Waals surface area contributed by atoms with Gasteiger partial charge in [-0.25, -0.2) is 0 Å². The van der Waals surface area contributed by atoms with Crippen molar-refractivity contribution in [1.29, 1.82) is 0 Å². The molecule has 0 saturated carbocycles. The van der Waals surface area contributed by atoms with Crippen LogP contribution in [0.15, 0.2) is 28.9 Å². The topological polar surface area (TPSA) is 65.4 Å². The molecule has 2 aliphatic heterocycles. The second kappa shape index (κ2) is 6.20. The number of nitrogens with one attached hydrogen (secondary N) is 1. The maximum absolute atomic E-state index is 12.6. The minimum atomic E-state index is 0.0129. The Morgan fingerprint density at radius 3 is 2.70 bits per heavy atom. The summed E-state index contributed by atoms with van der Waals surface area (Å²) in [4.78, 5) is 17.1. The van der Waals surface area contributed by atoms with Crippen LogP contribution in [0.5, 0.6) is 0 Å². The van der Waals surface area contributed by atoms with Crippen molar-refractivity contribution in [2.75, 3.05) is 26.2 Å². The van der Waals surface area contributed by atoms with Gasteiger partial charge in [-0.1, -0.05) is 0 Å². The molecule has 0 bridgehead atoms. The number of amides is 1. The molecule has 6 heteroatoms. The van der Waals surface area contributed by atoms with Crippen molar-refractivity contribution in [2.45, 2.75) is 31.7 Å². The smallest absolute Gasteiger partial charge is 0.274 e. The molecule has 2 aromatic heterocycles.